The number of carboxylic acids is 1. The lowest BCUT2D eigenvalue weighted by molar-refractivity contribution is -0.146. The Morgan fingerprint density at radius 3 is 1.08 bits per heavy atom. The predicted molar refractivity (Wildman–Crippen MR) is 276 cm³/mol. The van der Waals surface area contributed by atoms with Gasteiger partial charge < -0.3 is 34.9 Å². The number of nitrogens with zero attached hydrogens (tertiary/aromatic N) is 4. The monoisotopic (exact) mass is 961 g/mol. The van der Waals surface area contributed by atoms with Crippen LogP contribution in [-0.4, -0.2) is 71.3 Å². The third kappa shape index (κ3) is 10.6. The van der Waals surface area contributed by atoms with Gasteiger partial charge in [0.15, 0.2) is 0 Å². The number of carbonyl (C=O) groups is 4. The predicted octanol–water partition coefficient (Wildman–Crippen LogP) is 8.90. The van der Waals surface area contributed by atoms with E-state index in [1.165, 1.54) is 13.8 Å². The molecule has 2 heterocycles. The van der Waals surface area contributed by atoms with Crippen molar-refractivity contribution < 1.29 is 29.0 Å². The van der Waals surface area contributed by atoms with E-state index in [-0.39, 0.29) is 12.8 Å². The highest BCUT2D eigenvalue weighted by Crippen LogP contribution is 2.42. The maximum Gasteiger partial charge on any atom is 0.408 e. The first-order chi connectivity index (χ1) is 34.6. The van der Waals surface area contributed by atoms with Crippen LogP contribution in [0, 0.1) is 0 Å². The van der Waals surface area contributed by atoms with Crippen molar-refractivity contribution in [1.29, 1.82) is 0 Å². The molecule has 0 aliphatic rings. The highest BCUT2D eigenvalue weighted by molar-refractivity contribution is 5.94. The van der Waals surface area contributed by atoms with Gasteiger partial charge in [0.05, 0.1) is 24.0 Å². The zero-order chi connectivity index (χ0) is 50.9. The van der Waals surface area contributed by atoms with E-state index in [0.29, 0.717) is 11.4 Å². The molecule has 2 atom stereocenters. The van der Waals surface area contributed by atoms with Crippen LogP contribution >= 0.6 is 0 Å². The number of benzene rings is 6. The molecule has 366 valence electrons. The molecule has 0 saturated carbocycles. The minimum atomic E-state index is -1.72. The van der Waals surface area contributed by atoms with Crippen molar-refractivity contribution in [1.82, 2.24) is 35.1 Å². The first-order valence-electron chi connectivity index (χ1n) is 23.9. The number of amides is 3. The number of hydrogen-bond donors (Lipinski definition) is 4. The van der Waals surface area contributed by atoms with E-state index in [1.54, 1.807) is 33.4 Å². The van der Waals surface area contributed by atoms with Crippen LogP contribution in [0.5, 0.6) is 0 Å². The Morgan fingerprint density at radius 1 is 0.486 bits per heavy atom. The third-order valence-corrected chi connectivity index (χ3v) is 12.6. The van der Waals surface area contributed by atoms with Gasteiger partial charge in [-0.05, 0) is 68.0 Å². The minimum absolute atomic E-state index is 0.121. The smallest absolute Gasteiger partial charge is 0.408 e. The van der Waals surface area contributed by atoms with E-state index in [4.69, 9.17) is 14.7 Å². The van der Waals surface area contributed by atoms with Crippen molar-refractivity contribution in [2.75, 3.05) is 0 Å². The summed E-state index contributed by atoms with van der Waals surface area (Å²) < 4.78 is 9.66. The van der Waals surface area contributed by atoms with Gasteiger partial charge in [-0.3, -0.25) is 9.59 Å². The number of carbonyl (C=O) groups excluding carboxylic acids is 3. The molecular weight excluding hydrogens is 903 g/mol. The van der Waals surface area contributed by atoms with Gasteiger partial charge in [-0.2, -0.15) is 0 Å². The molecule has 0 aliphatic carbocycles. The van der Waals surface area contributed by atoms with E-state index in [2.05, 4.69) is 88.7 Å². The zero-order valence-electron chi connectivity index (χ0n) is 41.0. The number of alkyl carbamates (subject to hydrolysis) is 1. The molecule has 8 rings (SSSR count). The van der Waals surface area contributed by atoms with Crippen LogP contribution in [0.15, 0.2) is 207 Å². The van der Waals surface area contributed by atoms with Crippen LogP contribution in [0.4, 0.5) is 4.79 Å². The second-order valence-electron chi connectivity index (χ2n) is 19.2. The van der Waals surface area contributed by atoms with Gasteiger partial charge in [-0.15, -0.1) is 0 Å². The van der Waals surface area contributed by atoms with Crippen molar-refractivity contribution in [2.45, 2.75) is 81.8 Å². The number of aromatic nitrogens is 4. The quantitative estimate of drug-likeness (QED) is 0.0619. The Labute approximate surface area is 420 Å². The Hall–Kier alpha value is -8.58. The van der Waals surface area contributed by atoms with Gasteiger partial charge in [0.2, 0.25) is 11.8 Å². The minimum Gasteiger partial charge on any atom is -0.480 e. The number of imidazole rings is 2. The Bertz CT molecular complexity index is 2890. The van der Waals surface area contributed by atoms with Gasteiger partial charge in [-0.1, -0.05) is 182 Å². The molecule has 0 radical (unpaired) electrons. The van der Waals surface area contributed by atoms with Crippen LogP contribution < -0.4 is 16.0 Å². The lowest BCUT2D eigenvalue weighted by atomic mass is 9.77. The largest absolute Gasteiger partial charge is 0.480 e. The third-order valence-electron chi connectivity index (χ3n) is 12.6. The molecule has 8 aromatic rings. The summed E-state index contributed by atoms with van der Waals surface area (Å²) in [6, 6.07) is 57.5. The van der Waals surface area contributed by atoms with Crippen LogP contribution in [0.3, 0.4) is 0 Å². The number of ether oxygens (including phenoxy) is 1. The number of nitrogens with one attached hydrogen (secondary N) is 3. The SMILES string of the molecule is CC(C)(C)OC(=O)N[C@@H](Cc1cn(C(c2ccccc2)(c2ccccc2)c2ccccc2)cn1)C(=O)N[C@@H](Cc1cn(C(c2ccccc2)(c2ccccc2)c2ccccc2)cn1)C(=O)NC(C)(C)C(=O)O. The molecule has 0 bridgehead atoms. The molecule has 4 N–H and O–H groups in total. The van der Waals surface area contributed by atoms with Crippen LogP contribution in [0.1, 0.15) is 79.4 Å². The molecule has 6 aromatic carbocycles. The highest BCUT2D eigenvalue weighted by Gasteiger charge is 2.41. The molecule has 0 spiro atoms. The average molecular weight is 962 g/mol. The lowest BCUT2D eigenvalue weighted by Crippen LogP contribution is -2.59. The molecule has 3 amide bonds. The maximum absolute atomic E-state index is 14.9. The van der Waals surface area contributed by atoms with Crippen molar-refractivity contribution in [2.24, 2.45) is 0 Å². The Balaban J connectivity index is 1.18. The van der Waals surface area contributed by atoms with Crippen molar-refractivity contribution in [3.63, 3.8) is 0 Å². The van der Waals surface area contributed by atoms with Gasteiger partial charge in [-0.25, -0.2) is 19.6 Å². The molecule has 72 heavy (non-hydrogen) atoms. The summed E-state index contributed by atoms with van der Waals surface area (Å²) >= 11 is 0. The van der Waals surface area contributed by atoms with Gasteiger partial charge >= 0.3 is 12.1 Å². The van der Waals surface area contributed by atoms with Crippen molar-refractivity contribution in [3.05, 3.63) is 252 Å². The number of hydrogen-bond acceptors (Lipinski definition) is 7. The van der Waals surface area contributed by atoms with E-state index in [1.807, 2.05) is 131 Å². The van der Waals surface area contributed by atoms with Crippen LogP contribution in [-0.2, 0) is 43.0 Å². The Kier molecular flexibility index (Phi) is 14.7. The second kappa shape index (κ2) is 21.2. The summed E-state index contributed by atoms with van der Waals surface area (Å²) in [7, 11) is 0. The van der Waals surface area contributed by atoms with Gasteiger partial charge in [0.1, 0.15) is 34.3 Å². The Morgan fingerprint density at radius 2 is 0.792 bits per heavy atom. The molecule has 13 heteroatoms. The molecule has 0 unspecified atom stereocenters. The number of rotatable bonds is 18. The second-order valence-corrected chi connectivity index (χ2v) is 19.2. The summed E-state index contributed by atoms with van der Waals surface area (Å²) in [6.07, 6.45) is 5.97. The molecule has 0 fully saturated rings. The first-order valence-corrected chi connectivity index (χ1v) is 23.9. The summed E-state index contributed by atoms with van der Waals surface area (Å²) in [5.41, 5.74) is 2.13. The highest BCUT2D eigenvalue weighted by atomic mass is 16.6. The van der Waals surface area contributed by atoms with Gasteiger partial charge in [0, 0.05) is 25.2 Å². The molecule has 0 saturated heterocycles. The summed E-state index contributed by atoms with van der Waals surface area (Å²) in [5.74, 6) is -2.79. The standard InChI is InChI=1S/C59H59N7O6/c1-56(2,3)72-55(71)63-50(36-48-38-65(40-60-48)58(42-24-12-6-13-25-42,43-26-14-7-15-27-43)44-28-16-8-17-29-44)52(67)62-51(53(68)64-57(4,5)54(69)70)37-49-39-66(41-61-49)59(45-30-18-9-19-31-45,46-32-20-10-21-33-46)47-34-22-11-23-35-47/h6-35,38-41,50-51H,36-37H2,1-5H3,(H,62,67)(H,63,71)(H,64,68)(H,69,70)/t50-,51-/m0/s1. The van der Waals surface area contributed by atoms with E-state index < -0.39 is 58.2 Å². The number of aliphatic carboxylic acids is 1. The molecular formula is C59H59N7O6. The fourth-order valence-electron chi connectivity index (χ4n) is 9.28. The number of carboxylic acid groups (broad SMARTS) is 1. The van der Waals surface area contributed by atoms with E-state index in [9.17, 15) is 24.3 Å². The summed E-state index contributed by atoms with van der Waals surface area (Å²) in [4.78, 5) is 65.0. The maximum atomic E-state index is 14.9. The molecule has 13 nitrogen and oxygen atoms in total. The average Bonchev–Trinajstić information content (AvgIpc) is 4.06. The van der Waals surface area contributed by atoms with Crippen LogP contribution in [0.25, 0.3) is 0 Å². The van der Waals surface area contributed by atoms with Crippen molar-refractivity contribution >= 4 is 23.9 Å². The van der Waals surface area contributed by atoms with Crippen molar-refractivity contribution in [3.8, 4) is 0 Å². The van der Waals surface area contributed by atoms with Crippen LogP contribution in [0.2, 0.25) is 0 Å². The fraction of sp³-hybridized carbons (Fsp3) is 0.220. The summed E-state index contributed by atoms with van der Waals surface area (Å²) in [5, 5.41) is 18.3. The lowest BCUT2D eigenvalue weighted by Gasteiger charge is -2.37. The normalized spacial score (nSPS) is 12.8. The first kappa shape index (κ1) is 49.8. The fourth-order valence-corrected chi connectivity index (χ4v) is 9.28. The summed E-state index contributed by atoms with van der Waals surface area (Å²) in [6.45, 7) is 7.86. The topological polar surface area (TPSA) is 169 Å². The van der Waals surface area contributed by atoms with E-state index in [0.717, 1.165) is 33.4 Å². The van der Waals surface area contributed by atoms with Gasteiger partial charge in [0.25, 0.3) is 0 Å². The van der Waals surface area contributed by atoms with E-state index >= 15 is 0 Å². The zero-order valence-corrected chi connectivity index (χ0v) is 41.0. The molecule has 2 aromatic heterocycles. The molecule has 0 aliphatic heterocycles.